The van der Waals surface area contributed by atoms with Gasteiger partial charge in [0, 0.05) is 0 Å². The van der Waals surface area contributed by atoms with Crippen molar-refractivity contribution in [3.05, 3.63) is 0 Å². The van der Waals surface area contributed by atoms with E-state index < -0.39 is 0 Å². The summed E-state index contributed by atoms with van der Waals surface area (Å²) in [5, 5.41) is 0. The maximum absolute atomic E-state index is 5.53. The van der Waals surface area contributed by atoms with Crippen molar-refractivity contribution in [3.8, 4) is 0 Å². The molecule has 0 fully saturated rings. The Kier molecular flexibility index (Phi) is 3.48. The highest BCUT2D eigenvalue weighted by Gasteiger charge is 2.12. The van der Waals surface area contributed by atoms with E-state index in [0.29, 0.717) is 4.65 Å². The predicted octanol–water partition coefficient (Wildman–Crippen LogP) is 0.330. The molecule has 0 aromatic rings. The molecule has 0 saturated carbocycles. The Morgan fingerprint density at radius 2 is 1.36 bits per heavy atom. The fourth-order valence-electron chi connectivity index (χ4n) is 0.589. The van der Waals surface area contributed by atoms with Crippen LogP contribution in [0.3, 0.4) is 0 Å². The summed E-state index contributed by atoms with van der Waals surface area (Å²) in [5.74, 6) is 0. The zero-order valence-corrected chi connectivity index (χ0v) is 8.72. The second-order valence-corrected chi connectivity index (χ2v) is 4.74. The lowest BCUT2D eigenvalue weighted by Gasteiger charge is -2.26. The minimum Gasteiger partial charge on any atom is -0.329 e. The molecule has 0 saturated heterocycles. The summed E-state index contributed by atoms with van der Waals surface area (Å²) < 4.78 is 1.54. The maximum atomic E-state index is 5.53. The van der Waals surface area contributed by atoms with Gasteiger partial charge in [0.05, 0.1) is 42.3 Å². The van der Waals surface area contributed by atoms with E-state index in [9.17, 15) is 0 Å². The van der Waals surface area contributed by atoms with Crippen molar-refractivity contribution in [2.75, 3.05) is 55.4 Å². The van der Waals surface area contributed by atoms with E-state index in [-0.39, 0.29) is 0 Å². The summed E-state index contributed by atoms with van der Waals surface area (Å²) >= 11 is 0. The minimum absolute atomic E-state index is 0.583. The van der Waals surface area contributed by atoms with E-state index in [4.69, 9.17) is 4.84 Å². The van der Waals surface area contributed by atoms with Gasteiger partial charge >= 0.3 is 0 Å². The zero-order chi connectivity index (χ0) is 9.12. The molecule has 0 atom stereocenters. The molecule has 0 rings (SSSR count). The summed E-state index contributed by atoms with van der Waals surface area (Å²) in [7, 11) is 12.6. The Morgan fingerprint density at radius 3 is 1.64 bits per heavy atom. The molecule has 0 amide bonds. The molecular formula is C8H22N2O+2. The summed E-state index contributed by atoms with van der Waals surface area (Å²) in [6.07, 6.45) is 0. The van der Waals surface area contributed by atoms with Crippen LogP contribution in [0.25, 0.3) is 0 Å². The van der Waals surface area contributed by atoms with Gasteiger partial charge in [-0.2, -0.15) is 9.48 Å². The molecule has 0 aliphatic rings. The molecule has 0 aliphatic carbocycles. The average molecular weight is 162 g/mol. The van der Waals surface area contributed by atoms with Gasteiger partial charge < -0.3 is 4.48 Å². The fraction of sp³-hybridized carbons (Fsp3) is 1.00. The summed E-state index contributed by atoms with van der Waals surface area (Å²) in [5.41, 5.74) is 0. The molecule has 0 bridgehead atoms. The Labute approximate surface area is 70.3 Å². The first-order valence-electron chi connectivity index (χ1n) is 3.97. The Morgan fingerprint density at radius 1 is 0.909 bits per heavy atom. The molecule has 0 unspecified atom stereocenters. The van der Waals surface area contributed by atoms with Crippen LogP contribution in [0.4, 0.5) is 0 Å². The SMILES string of the molecule is C[N+](C)(C)CCO[N+](C)(C)C. The van der Waals surface area contributed by atoms with Crippen LogP contribution in [-0.4, -0.2) is 64.6 Å². The third kappa shape index (κ3) is 9.88. The van der Waals surface area contributed by atoms with Crippen LogP contribution in [0.5, 0.6) is 0 Å². The highest BCUT2D eigenvalue weighted by atomic mass is 16.7. The highest BCUT2D eigenvalue weighted by molar-refractivity contribution is 4.22. The van der Waals surface area contributed by atoms with E-state index in [1.807, 2.05) is 21.1 Å². The van der Waals surface area contributed by atoms with Gasteiger partial charge in [-0.1, -0.05) is 0 Å². The van der Waals surface area contributed by atoms with Crippen LogP contribution in [-0.2, 0) is 4.84 Å². The number of nitrogens with zero attached hydrogens (tertiary/aromatic N) is 2. The van der Waals surface area contributed by atoms with Crippen molar-refractivity contribution in [3.63, 3.8) is 0 Å². The first-order valence-corrected chi connectivity index (χ1v) is 3.97. The lowest BCUT2D eigenvalue weighted by Crippen LogP contribution is -2.42. The fourth-order valence-corrected chi connectivity index (χ4v) is 0.589. The first kappa shape index (κ1) is 10.9. The lowest BCUT2D eigenvalue weighted by molar-refractivity contribution is -1.07. The third-order valence-corrected chi connectivity index (χ3v) is 1.24. The quantitative estimate of drug-likeness (QED) is 0.427. The molecule has 68 valence electrons. The summed E-state index contributed by atoms with van der Waals surface area (Å²) in [6, 6.07) is 0. The van der Waals surface area contributed by atoms with Crippen molar-refractivity contribution < 1.29 is 14.0 Å². The van der Waals surface area contributed by atoms with E-state index in [2.05, 4.69) is 21.1 Å². The minimum atomic E-state index is 0.583. The van der Waals surface area contributed by atoms with Gasteiger partial charge in [0.25, 0.3) is 0 Å². The molecule has 11 heavy (non-hydrogen) atoms. The number of hydroxylamine groups is 3. The molecule has 0 aromatic heterocycles. The molecule has 3 nitrogen and oxygen atoms in total. The van der Waals surface area contributed by atoms with Crippen molar-refractivity contribution in [2.45, 2.75) is 0 Å². The molecule has 0 aromatic carbocycles. The molecule has 0 N–H and O–H groups in total. The number of hydrogen-bond donors (Lipinski definition) is 0. The maximum Gasteiger partial charge on any atom is 0.155 e. The number of likely N-dealkylation sites (N-methyl/N-ethyl adjacent to an activating group) is 1. The number of quaternary nitrogens is 2. The normalized spacial score (nSPS) is 13.6. The third-order valence-electron chi connectivity index (χ3n) is 1.24. The van der Waals surface area contributed by atoms with Crippen LogP contribution >= 0.6 is 0 Å². The molecule has 0 heterocycles. The van der Waals surface area contributed by atoms with Gasteiger partial charge in [-0.25, -0.2) is 0 Å². The van der Waals surface area contributed by atoms with Crippen LogP contribution in [0, 0.1) is 0 Å². The molecule has 0 aliphatic heterocycles. The average Bonchev–Trinajstić information content (AvgIpc) is 1.55. The summed E-state index contributed by atoms with van der Waals surface area (Å²) in [6.45, 7) is 1.86. The van der Waals surface area contributed by atoms with E-state index in [1.54, 1.807) is 0 Å². The second kappa shape index (κ2) is 3.52. The highest BCUT2D eigenvalue weighted by Crippen LogP contribution is 1.95. The van der Waals surface area contributed by atoms with E-state index in [0.717, 1.165) is 17.6 Å². The predicted molar refractivity (Wildman–Crippen MR) is 46.9 cm³/mol. The van der Waals surface area contributed by atoms with Crippen LogP contribution < -0.4 is 0 Å². The van der Waals surface area contributed by atoms with E-state index >= 15 is 0 Å². The Bertz CT molecular complexity index is 96.2. The second-order valence-electron chi connectivity index (χ2n) is 4.74. The number of rotatable bonds is 4. The molecular weight excluding hydrogens is 140 g/mol. The summed E-state index contributed by atoms with van der Waals surface area (Å²) in [4.78, 5) is 5.53. The van der Waals surface area contributed by atoms with Gasteiger partial charge in [-0.05, 0) is 0 Å². The van der Waals surface area contributed by atoms with Crippen molar-refractivity contribution in [1.29, 1.82) is 0 Å². The van der Waals surface area contributed by atoms with E-state index in [1.165, 1.54) is 0 Å². The van der Waals surface area contributed by atoms with Crippen LogP contribution in [0.2, 0.25) is 0 Å². The van der Waals surface area contributed by atoms with Gasteiger partial charge in [0.2, 0.25) is 0 Å². The Hall–Kier alpha value is -0.120. The lowest BCUT2D eigenvalue weighted by atomic mass is 10.5. The smallest absolute Gasteiger partial charge is 0.155 e. The first-order chi connectivity index (χ1) is 4.71. The van der Waals surface area contributed by atoms with Gasteiger partial charge in [0.15, 0.2) is 6.61 Å². The topological polar surface area (TPSA) is 9.23 Å². The largest absolute Gasteiger partial charge is 0.329 e. The Balaban J connectivity index is 3.44. The van der Waals surface area contributed by atoms with Crippen LogP contribution in [0.1, 0.15) is 0 Å². The van der Waals surface area contributed by atoms with Crippen molar-refractivity contribution in [2.24, 2.45) is 0 Å². The standard InChI is InChI=1S/C8H22N2O/c1-9(2,3)7-8-11-10(4,5)6/h7-8H2,1-6H3/q+2. The monoisotopic (exact) mass is 162 g/mol. The van der Waals surface area contributed by atoms with Crippen molar-refractivity contribution in [1.82, 2.24) is 0 Å². The molecule has 0 spiro atoms. The molecule has 3 heteroatoms. The van der Waals surface area contributed by atoms with Gasteiger partial charge in [-0.15, -0.1) is 0 Å². The number of hydrogen-bond acceptors (Lipinski definition) is 1. The zero-order valence-electron chi connectivity index (χ0n) is 8.72. The molecule has 0 radical (unpaired) electrons. The van der Waals surface area contributed by atoms with Crippen molar-refractivity contribution >= 4 is 0 Å². The van der Waals surface area contributed by atoms with Gasteiger partial charge in [0.1, 0.15) is 6.54 Å². The van der Waals surface area contributed by atoms with Crippen LogP contribution in [0.15, 0.2) is 0 Å². The van der Waals surface area contributed by atoms with Gasteiger partial charge in [-0.3, -0.25) is 0 Å².